The van der Waals surface area contributed by atoms with Gasteiger partial charge in [0.15, 0.2) is 0 Å². The minimum atomic E-state index is -3.91. The molecule has 0 spiro atoms. The minimum absolute atomic E-state index is 0.0267. The summed E-state index contributed by atoms with van der Waals surface area (Å²) < 4.78 is 33.1. The number of rotatable bonds is 5. The van der Waals surface area contributed by atoms with Gasteiger partial charge < -0.3 is 15.4 Å². The van der Waals surface area contributed by atoms with Gasteiger partial charge in [-0.15, -0.1) is 0 Å². The standard InChI is InChI=1S/C19H28ClN3O5S/c1-12-10-23(11-13(2)28-12)29(26,27)16-8-14(6-7-15(16)20)18(25)21-9-17(24)22-19(3,4)5/h6-8,12-13H,9-11H2,1-5H3,(H,21,25)(H,22,24)/t12-,13+. The number of hydrogen-bond acceptors (Lipinski definition) is 5. The Morgan fingerprint density at radius 1 is 1.21 bits per heavy atom. The number of hydrogen-bond donors (Lipinski definition) is 2. The summed E-state index contributed by atoms with van der Waals surface area (Å²) in [6.07, 6.45) is -0.500. The van der Waals surface area contributed by atoms with Crippen LogP contribution in [0.4, 0.5) is 0 Å². The molecule has 2 amide bonds. The Labute approximate surface area is 177 Å². The minimum Gasteiger partial charge on any atom is -0.373 e. The molecule has 8 nitrogen and oxygen atoms in total. The van der Waals surface area contributed by atoms with Crippen molar-refractivity contribution >= 4 is 33.4 Å². The summed E-state index contributed by atoms with van der Waals surface area (Å²) in [7, 11) is -3.91. The second-order valence-electron chi connectivity index (χ2n) is 8.21. The van der Waals surface area contributed by atoms with Crippen molar-refractivity contribution in [2.45, 2.75) is 57.3 Å². The summed E-state index contributed by atoms with van der Waals surface area (Å²) in [4.78, 5) is 24.2. The lowest BCUT2D eigenvalue weighted by Crippen LogP contribution is -2.48. The van der Waals surface area contributed by atoms with E-state index in [0.29, 0.717) is 0 Å². The summed E-state index contributed by atoms with van der Waals surface area (Å²) in [5, 5.41) is 5.25. The SMILES string of the molecule is C[C@@H]1CN(S(=O)(=O)c2cc(C(=O)NCC(=O)NC(C)(C)C)ccc2Cl)C[C@H](C)O1. The third kappa shape index (κ3) is 6.40. The normalized spacial score (nSPS) is 20.9. The fourth-order valence-corrected chi connectivity index (χ4v) is 5.12. The Morgan fingerprint density at radius 2 is 1.79 bits per heavy atom. The first-order valence-corrected chi connectivity index (χ1v) is 11.2. The second kappa shape index (κ2) is 8.99. The van der Waals surface area contributed by atoms with Crippen LogP contribution in [-0.2, 0) is 19.6 Å². The number of benzene rings is 1. The van der Waals surface area contributed by atoms with Crippen LogP contribution in [0.25, 0.3) is 0 Å². The number of nitrogens with one attached hydrogen (secondary N) is 2. The van der Waals surface area contributed by atoms with Crippen molar-refractivity contribution in [3.63, 3.8) is 0 Å². The van der Waals surface area contributed by atoms with Gasteiger partial charge in [-0.3, -0.25) is 9.59 Å². The summed E-state index contributed by atoms with van der Waals surface area (Å²) in [5.41, 5.74) is -0.318. The van der Waals surface area contributed by atoms with Crippen molar-refractivity contribution in [3.05, 3.63) is 28.8 Å². The number of amides is 2. The van der Waals surface area contributed by atoms with Crippen LogP contribution >= 0.6 is 11.6 Å². The quantitative estimate of drug-likeness (QED) is 0.718. The molecule has 1 fully saturated rings. The van der Waals surface area contributed by atoms with E-state index < -0.39 is 21.5 Å². The van der Waals surface area contributed by atoms with Crippen molar-refractivity contribution < 1.29 is 22.7 Å². The van der Waals surface area contributed by atoms with E-state index >= 15 is 0 Å². The Morgan fingerprint density at radius 3 is 2.34 bits per heavy atom. The van der Waals surface area contributed by atoms with Crippen molar-refractivity contribution in [1.29, 1.82) is 0 Å². The van der Waals surface area contributed by atoms with E-state index in [1.807, 2.05) is 20.8 Å². The molecule has 29 heavy (non-hydrogen) atoms. The number of sulfonamides is 1. The van der Waals surface area contributed by atoms with Crippen LogP contribution in [0.3, 0.4) is 0 Å². The highest BCUT2D eigenvalue weighted by atomic mass is 35.5. The summed E-state index contributed by atoms with van der Waals surface area (Å²) in [6.45, 7) is 9.26. The lowest BCUT2D eigenvalue weighted by Gasteiger charge is -2.34. The lowest BCUT2D eigenvalue weighted by atomic mass is 10.1. The van der Waals surface area contributed by atoms with E-state index in [1.54, 1.807) is 13.8 Å². The first-order valence-electron chi connectivity index (χ1n) is 9.34. The molecular weight excluding hydrogens is 418 g/mol. The molecule has 0 aromatic heterocycles. The molecule has 0 bridgehead atoms. The fourth-order valence-electron chi connectivity index (χ4n) is 3.03. The van der Waals surface area contributed by atoms with E-state index in [2.05, 4.69) is 10.6 Å². The number of morpholine rings is 1. The predicted molar refractivity (Wildman–Crippen MR) is 110 cm³/mol. The zero-order chi connectivity index (χ0) is 22.0. The predicted octanol–water partition coefficient (Wildman–Crippen LogP) is 1.78. The first kappa shape index (κ1) is 23.6. The Hall–Kier alpha value is -1.68. The Kier molecular flexibility index (Phi) is 7.32. The lowest BCUT2D eigenvalue weighted by molar-refractivity contribution is -0.121. The van der Waals surface area contributed by atoms with E-state index in [9.17, 15) is 18.0 Å². The molecule has 1 aliphatic heterocycles. The van der Waals surface area contributed by atoms with E-state index in [0.717, 1.165) is 0 Å². The number of ether oxygens (including phenoxy) is 1. The smallest absolute Gasteiger partial charge is 0.251 e. The van der Waals surface area contributed by atoms with Gasteiger partial charge in [0.05, 0.1) is 23.8 Å². The molecule has 2 atom stereocenters. The maximum absolute atomic E-state index is 13.1. The van der Waals surface area contributed by atoms with Crippen molar-refractivity contribution in [3.8, 4) is 0 Å². The molecule has 1 saturated heterocycles. The van der Waals surface area contributed by atoms with Gasteiger partial charge in [-0.25, -0.2) is 8.42 Å². The maximum atomic E-state index is 13.1. The molecule has 2 rings (SSSR count). The fraction of sp³-hybridized carbons (Fsp3) is 0.579. The number of nitrogens with zero attached hydrogens (tertiary/aromatic N) is 1. The maximum Gasteiger partial charge on any atom is 0.251 e. The zero-order valence-electron chi connectivity index (χ0n) is 17.3. The van der Waals surface area contributed by atoms with Gasteiger partial charge in [0.2, 0.25) is 15.9 Å². The third-order valence-electron chi connectivity index (χ3n) is 4.12. The van der Waals surface area contributed by atoms with Crippen LogP contribution in [0.2, 0.25) is 5.02 Å². The van der Waals surface area contributed by atoms with Gasteiger partial charge in [0.25, 0.3) is 5.91 Å². The zero-order valence-corrected chi connectivity index (χ0v) is 18.9. The molecule has 1 heterocycles. The van der Waals surface area contributed by atoms with Crippen molar-refractivity contribution in [1.82, 2.24) is 14.9 Å². The van der Waals surface area contributed by atoms with E-state index in [1.165, 1.54) is 22.5 Å². The Balaban J connectivity index is 2.18. The molecule has 0 unspecified atom stereocenters. The molecule has 0 saturated carbocycles. The highest BCUT2D eigenvalue weighted by molar-refractivity contribution is 7.89. The number of carbonyl (C=O) groups is 2. The van der Waals surface area contributed by atoms with Gasteiger partial charge in [0, 0.05) is 24.2 Å². The number of carbonyl (C=O) groups excluding carboxylic acids is 2. The molecule has 1 aromatic rings. The van der Waals surface area contributed by atoms with Crippen LogP contribution in [0.5, 0.6) is 0 Å². The molecule has 0 radical (unpaired) electrons. The summed E-state index contributed by atoms with van der Waals surface area (Å²) >= 11 is 6.14. The number of halogens is 1. The third-order valence-corrected chi connectivity index (χ3v) is 6.43. The van der Waals surface area contributed by atoms with Gasteiger partial charge in [-0.1, -0.05) is 11.6 Å². The van der Waals surface area contributed by atoms with E-state index in [4.69, 9.17) is 16.3 Å². The molecule has 1 aromatic carbocycles. The average Bonchev–Trinajstić information content (AvgIpc) is 2.57. The van der Waals surface area contributed by atoms with Gasteiger partial charge in [0.1, 0.15) is 4.90 Å². The topological polar surface area (TPSA) is 105 Å². The van der Waals surface area contributed by atoms with Gasteiger partial charge in [-0.2, -0.15) is 4.31 Å². The highest BCUT2D eigenvalue weighted by Crippen LogP contribution is 2.28. The Bertz CT molecular complexity index is 872. The molecule has 2 N–H and O–H groups in total. The van der Waals surface area contributed by atoms with Crippen molar-refractivity contribution in [2.24, 2.45) is 0 Å². The monoisotopic (exact) mass is 445 g/mol. The molecule has 0 aliphatic carbocycles. The molecule has 162 valence electrons. The van der Waals surface area contributed by atoms with Gasteiger partial charge >= 0.3 is 0 Å². The van der Waals surface area contributed by atoms with Crippen LogP contribution < -0.4 is 10.6 Å². The first-order chi connectivity index (χ1) is 13.3. The van der Waals surface area contributed by atoms with Crippen LogP contribution in [0, 0.1) is 0 Å². The highest BCUT2D eigenvalue weighted by Gasteiger charge is 2.33. The average molecular weight is 446 g/mol. The van der Waals surface area contributed by atoms with E-state index in [-0.39, 0.29) is 53.2 Å². The summed E-state index contributed by atoms with van der Waals surface area (Å²) in [6, 6.07) is 4.02. The van der Waals surface area contributed by atoms with Gasteiger partial charge in [-0.05, 0) is 52.8 Å². The van der Waals surface area contributed by atoms with Crippen LogP contribution in [0.15, 0.2) is 23.1 Å². The molecular formula is C19H28ClN3O5S. The van der Waals surface area contributed by atoms with Crippen LogP contribution in [0.1, 0.15) is 45.0 Å². The molecule has 1 aliphatic rings. The molecule has 10 heteroatoms. The largest absolute Gasteiger partial charge is 0.373 e. The van der Waals surface area contributed by atoms with Crippen LogP contribution in [-0.4, -0.2) is 61.9 Å². The second-order valence-corrected chi connectivity index (χ2v) is 10.5. The van der Waals surface area contributed by atoms with Crippen molar-refractivity contribution in [2.75, 3.05) is 19.6 Å². The summed E-state index contributed by atoms with van der Waals surface area (Å²) in [5.74, 6) is -0.908.